The van der Waals surface area contributed by atoms with Crippen LogP contribution in [0.5, 0.6) is 0 Å². The van der Waals surface area contributed by atoms with Crippen molar-refractivity contribution >= 4 is 27.5 Å². The SMILES string of the molecule is C=CS(=O)(=O)NC1CCN(C(=O)CNC2CCC(Cl)C(C3CCCCC3)C2)CC1. The van der Waals surface area contributed by atoms with Gasteiger partial charge in [0.15, 0.2) is 0 Å². The van der Waals surface area contributed by atoms with E-state index in [-0.39, 0.29) is 17.3 Å². The Hall–Kier alpha value is -0.630. The predicted octanol–water partition coefficient (Wildman–Crippen LogP) is 2.99. The third-order valence-corrected chi connectivity index (χ3v) is 8.65. The average molecular weight is 446 g/mol. The number of halogens is 1. The minimum Gasteiger partial charge on any atom is -0.341 e. The van der Waals surface area contributed by atoms with Crippen molar-refractivity contribution in [3.05, 3.63) is 12.0 Å². The fraction of sp³-hybridized carbons (Fsp3) is 0.857. The summed E-state index contributed by atoms with van der Waals surface area (Å²) in [5.41, 5.74) is 0. The van der Waals surface area contributed by atoms with Crippen LogP contribution in [-0.4, -0.2) is 56.3 Å². The van der Waals surface area contributed by atoms with Gasteiger partial charge in [-0.25, -0.2) is 13.1 Å². The van der Waals surface area contributed by atoms with Crippen LogP contribution in [0.4, 0.5) is 0 Å². The molecule has 3 atom stereocenters. The first kappa shape index (κ1) is 23.0. The summed E-state index contributed by atoms with van der Waals surface area (Å²) in [5.74, 6) is 1.44. The summed E-state index contributed by atoms with van der Waals surface area (Å²) < 4.78 is 25.8. The summed E-state index contributed by atoms with van der Waals surface area (Å²) in [5, 5.41) is 4.71. The van der Waals surface area contributed by atoms with Crippen molar-refractivity contribution in [2.24, 2.45) is 11.8 Å². The number of carbonyl (C=O) groups is 1. The monoisotopic (exact) mass is 445 g/mol. The van der Waals surface area contributed by atoms with Crippen LogP contribution in [0.15, 0.2) is 12.0 Å². The Labute approximate surface area is 180 Å². The Bertz CT molecular complexity index is 658. The number of piperidine rings is 1. The van der Waals surface area contributed by atoms with E-state index in [1.54, 1.807) is 0 Å². The van der Waals surface area contributed by atoms with Crippen LogP contribution in [-0.2, 0) is 14.8 Å². The van der Waals surface area contributed by atoms with E-state index in [0.717, 1.165) is 30.6 Å². The van der Waals surface area contributed by atoms with Gasteiger partial charge in [0.1, 0.15) is 0 Å². The molecule has 3 fully saturated rings. The van der Waals surface area contributed by atoms with Gasteiger partial charge in [-0.1, -0.05) is 38.7 Å². The highest BCUT2D eigenvalue weighted by Gasteiger charge is 2.35. The number of rotatable bonds is 7. The largest absolute Gasteiger partial charge is 0.341 e. The minimum atomic E-state index is -3.41. The molecular formula is C21H36ClN3O3S. The lowest BCUT2D eigenvalue weighted by atomic mass is 9.72. The molecule has 29 heavy (non-hydrogen) atoms. The standard InChI is InChI=1S/C21H36ClN3O3S/c1-2-29(27,28)24-17-10-12-25(13-11-17)21(26)15-23-18-8-9-20(22)19(14-18)16-6-4-3-5-7-16/h2,16-20,23-24H,1,3-15H2. The average Bonchev–Trinajstić information content (AvgIpc) is 2.74. The number of likely N-dealkylation sites (tertiary alicyclic amines) is 1. The highest BCUT2D eigenvalue weighted by atomic mass is 35.5. The maximum atomic E-state index is 12.6. The quantitative estimate of drug-likeness (QED) is 0.590. The van der Waals surface area contributed by atoms with Gasteiger partial charge in [0, 0.05) is 36.0 Å². The predicted molar refractivity (Wildman–Crippen MR) is 117 cm³/mol. The summed E-state index contributed by atoms with van der Waals surface area (Å²) in [6.45, 7) is 4.85. The van der Waals surface area contributed by atoms with Gasteiger partial charge in [0.25, 0.3) is 0 Å². The Kier molecular flexibility index (Phi) is 8.42. The van der Waals surface area contributed by atoms with Crippen molar-refractivity contribution in [3.8, 4) is 0 Å². The van der Waals surface area contributed by atoms with Crippen molar-refractivity contribution < 1.29 is 13.2 Å². The Balaban J connectivity index is 1.40. The van der Waals surface area contributed by atoms with E-state index in [1.165, 1.54) is 32.1 Å². The van der Waals surface area contributed by atoms with Crippen molar-refractivity contribution in [1.82, 2.24) is 14.9 Å². The van der Waals surface area contributed by atoms with E-state index in [1.807, 2.05) is 4.90 Å². The van der Waals surface area contributed by atoms with E-state index in [4.69, 9.17) is 11.6 Å². The van der Waals surface area contributed by atoms with Crippen LogP contribution in [0.25, 0.3) is 0 Å². The zero-order valence-electron chi connectivity index (χ0n) is 17.3. The topological polar surface area (TPSA) is 78.5 Å². The van der Waals surface area contributed by atoms with Crippen LogP contribution in [0.3, 0.4) is 0 Å². The maximum Gasteiger partial charge on any atom is 0.236 e. The molecular weight excluding hydrogens is 410 g/mol. The third kappa shape index (κ3) is 6.68. The number of amides is 1. The molecule has 0 bridgehead atoms. The van der Waals surface area contributed by atoms with Crippen molar-refractivity contribution in [2.45, 2.75) is 81.7 Å². The molecule has 1 amide bonds. The van der Waals surface area contributed by atoms with Crippen molar-refractivity contribution in [1.29, 1.82) is 0 Å². The lowest BCUT2D eigenvalue weighted by Gasteiger charge is -2.40. The fourth-order valence-electron chi connectivity index (χ4n) is 5.27. The summed E-state index contributed by atoms with van der Waals surface area (Å²) in [4.78, 5) is 14.5. The molecule has 0 aromatic rings. The van der Waals surface area contributed by atoms with E-state index in [0.29, 0.717) is 44.4 Å². The summed E-state index contributed by atoms with van der Waals surface area (Å²) in [6, 6.07) is 0.253. The zero-order chi connectivity index (χ0) is 20.9. The molecule has 1 heterocycles. The van der Waals surface area contributed by atoms with Crippen LogP contribution in [0, 0.1) is 11.8 Å². The highest BCUT2D eigenvalue weighted by Crippen LogP contribution is 2.40. The number of nitrogens with one attached hydrogen (secondary N) is 2. The van der Waals surface area contributed by atoms with E-state index >= 15 is 0 Å². The first-order valence-corrected chi connectivity index (χ1v) is 13.2. The summed E-state index contributed by atoms with van der Waals surface area (Å²) in [7, 11) is -3.41. The maximum absolute atomic E-state index is 12.6. The molecule has 3 unspecified atom stereocenters. The second kappa shape index (κ2) is 10.6. The molecule has 166 valence electrons. The lowest BCUT2D eigenvalue weighted by Crippen LogP contribution is -2.50. The minimum absolute atomic E-state index is 0.109. The highest BCUT2D eigenvalue weighted by molar-refractivity contribution is 7.92. The van der Waals surface area contributed by atoms with Gasteiger partial charge in [-0.15, -0.1) is 11.6 Å². The first-order chi connectivity index (χ1) is 13.9. The van der Waals surface area contributed by atoms with Gasteiger partial charge in [-0.2, -0.15) is 0 Å². The second-order valence-electron chi connectivity index (χ2n) is 8.95. The van der Waals surface area contributed by atoms with Crippen molar-refractivity contribution in [3.63, 3.8) is 0 Å². The first-order valence-electron chi connectivity index (χ1n) is 11.2. The molecule has 0 radical (unpaired) electrons. The molecule has 8 heteroatoms. The number of sulfonamides is 1. The number of alkyl halides is 1. The molecule has 2 N–H and O–H groups in total. The van der Waals surface area contributed by atoms with E-state index < -0.39 is 10.0 Å². The van der Waals surface area contributed by atoms with Gasteiger partial charge in [0.05, 0.1) is 6.54 Å². The van der Waals surface area contributed by atoms with Gasteiger partial charge in [0.2, 0.25) is 15.9 Å². The number of nitrogens with zero attached hydrogens (tertiary/aromatic N) is 1. The molecule has 3 rings (SSSR count). The molecule has 0 aromatic carbocycles. The normalized spacial score (nSPS) is 30.2. The molecule has 1 saturated heterocycles. The van der Waals surface area contributed by atoms with Crippen LogP contribution in [0.1, 0.15) is 64.2 Å². The molecule has 3 aliphatic rings. The van der Waals surface area contributed by atoms with Gasteiger partial charge < -0.3 is 10.2 Å². The van der Waals surface area contributed by atoms with Gasteiger partial charge >= 0.3 is 0 Å². The van der Waals surface area contributed by atoms with Crippen LogP contribution in [0.2, 0.25) is 0 Å². The Morgan fingerprint density at radius 3 is 2.38 bits per heavy atom. The van der Waals surface area contributed by atoms with Gasteiger partial charge in [-0.05, 0) is 43.9 Å². The van der Waals surface area contributed by atoms with E-state index in [2.05, 4.69) is 16.6 Å². The molecule has 2 saturated carbocycles. The molecule has 2 aliphatic carbocycles. The third-order valence-electron chi connectivity index (χ3n) is 7.01. The van der Waals surface area contributed by atoms with Gasteiger partial charge in [-0.3, -0.25) is 4.79 Å². The van der Waals surface area contributed by atoms with Crippen LogP contribution >= 0.6 is 11.6 Å². The lowest BCUT2D eigenvalue weighted by molar-refractivity contribution is -0.131. The fourth-order valence-corrected chi connectivity index (χ4v) is 6.51. The molecule has 6 nitrogen and oxygen atoms in total. The van der Waals surface area contributed by atoms with Crippen molar-refractivity contribution in [2.75, 3.05) is 19.6 Å². The Morgan fingerprint density at radius 2 is 1.72 bits per heavy atom. The zero-order valence-corrected chi connectivity index (χ0v) is 18.9. The molecule has 1 aliphatic heterocycles. The second-order valence-corrected chi connectivity index (χ2v) is 11.2. The Morgan fingerprint density at radius 1 is 1.03 bits per heavy atom. The summed E-state index contributed by atoms with van der Waals surface area (Å²) in [6.07, 6.45) is 11.1. The van der Waals surface area contributed by atoms with E-state index in [9.17, 15) is 13.2 Å². The molecule has 0 aromatic heterocycles. The molecule has 0 spiro atoms. The number of hydrogen-bond acceptors (Lipinski definition) is 4. The van der Waals surface area contributed by atoms with Crippen LogP contribution < -0.4 is 10.0 Å². The smallest absolute Gasteiger partial charge is 0.236 e. The number of hydrogen-bond donors (Lipinski definition) is 2. The summed E-state index contributed by atoms with van der Waals surface area (Å²) >= 11 is 6.68. The number of carbonyl (C=O) groups excluding carboxylic acids is 1.